The minimum atomic E-state index is -0.471. The monoisotopic (exact) mass is 296 g/mol. The fourth-order valence-electron chi connectivity index (χ4n) is 2.80. The van der Waals surface area contributed by atoms with Crippen molar-refractivity contribution in [2.75, 3.05) is 5.32 Å². The number of anilines is 1. The minimum Gasteiger partial charge on any atom is -0.322 e. The standard InChI is InChI=1S/C17H16N2O3/c1-11-5-6-14(10-16(11)19(21)22)17(20)18-15-8-7-12-3-2-4-13(12)9-15/h5-10H,2-4H2,1H3,(H,18,20). The van der Waals surface area contributed by atoms with Crippen LogP contribution in [0.2, 0.25) is 0 Å². The van der Waals surface area contributed by atoms with Crippen LogP contribution < -0.4 is 5.32 Å². The Morgan fingerprint density at radius 3 is 2.68 bits per heavy atom. The number of nitro groups is 1. The van der Waals surface area contributed by atoms with Gasteiger partial charge < -0.3 is 5.32 Å². The molecule has 112 valence electrons. The van der Waals surface area contributed by atoms with E-state index in [-0.39, 0.29) is 17.2 Å². The summed E-state index contributed by atoms with van der Waals surface area (Å²) in [6.07, 6.45) is 3.28. The third-order valence-corrected chi connectivity index (χ3v) is 4.02. The van der Waals surface area contributed by atoms with E-state index in [1.165, 1.54) is 17.2 Å². The van der Waals surface area contributed by atoms with Crippen molar-refractivity contribution in [3.8, 4) is 0 Å². The van der Waals surface area contributed by atoms with Gasteiger partial charge in [-0.05, 0) is 55.5 Å². The summed E-state index contributed by atoms with van der Waals surface area (Å²) in [7, 11) is 0. The molecule has 1 amide bonds. The van der Waals surface area contributed by atoms with Gasteiger partial charge in [0.1, 0.15) is 0 Å². The lowest BCUT2D eigenvalue weighted by atomic mass is 10.1. The predicted octanol–water partition coefficient (Wildman–Crippen LogP) is 3.64. The fourth-order valence-corrected chi connectivity index (χ4v) is 2.80. The molecular weight excluding hydrogens is 280 g/mol. The van der Waals surface area contributed by atoms with Crippen molar-refractivity contribution in [1.29, 1.82) is 0 Å². The summed E-state index contributed by atoms with van der Waals surface area (Å²) in [5.74, 6) is -0.332. The number of amides is 1. The van der Waals surface area contributed by atoms with Gasteiger partial charge in [-0.15, -0.1) is 0 Å². The topological polar surface area (TPSA) is 72.2 Å². The van der Waals surface area contributed by atoms with E-state index in [0.29, 0.717) is 5.56 Å². The zero-order valence-electron chi connectivity index (χ0n) is 12.3. The lowest BCUT2D eigenvalue weighted by Gasteiger charge is -2.08. The number of nitrogens with one attached hydrogen (secondary N) is 1. The molecule has 0 spiro atoms. The molecule has 0 heterocycles. The maximum absolute atomic E-state index is 12.3. The molecule has 0 aromatic heterocycles. The van der Waals surface area contributed by atoms with Crippen LogP contribution in [0.15, 0.2) is 36.4 Å². The third-order valence-electron chi connectivity index (χ3n) is 4.02. The van der Waals surface area contributed by atoms with Gasteiger partial charge in [0.2, 0.25) is 0 Å². The molecule has 1 N–H and O–H groups in total. The second-order valence-corrected chi connectivity index (χ2v) is 5.55. The number of benzene rings is 2. The number of nitrogens with zero attached hydrogens (tertiary/aromatic N) is 1. The van der Waals surface area contributed by atoms with Crippen molar-refractivity contribution in [2.24, 2.45) is 0 Å². The van der Waals surface area contributed by atoms with Crippen LogP contribution in [0.3, 0.4) is 0 Å². The Hall–Kier alpha value is -2.69. The molecule has 1 aliphatic carbocycles. The highest BCUT2D eigenvalue weighted by Gasteiger charge is 2.16. The van der Waals surface area contributed by atoms with E-state index >= 15 is 0 Å². The van der Waals surface area contributed by atoms with Crippen LogP contribution in [-0.2, 0) is 12.8 Å². The maximum Gasteiger partial charge on any atom is 0.273 e. The zero-order chi connectivity index (χ0) is 15.7. The molecule has 5 nitrogen and oxygen atoms in total. The molecule has 0 aliphatic heterocycles. The van der Waals surface area contributed by atoms with E-state index in [9.17, 15) is 14.9 Å². The Kier molecular flexibility index (Phi) is 3.63. The van der Waals surface area contributed by atoms with Gasteiger partial charge in [0.05, 0.1) is 4.92 Å². The molecule has 0 atom stereocenters. The van der Waals surface area contributed by atoms with E-state index in [0.717, 1.165) is 24.9 Å². The number of hydrogen-bond donors (Lipinski definition) is 1. The van der Waals surface area contributed by atoms with Crippen LogP contribution in [0.25, 0.3) is 0 Å². The average Bonchev–Trinajstić information content (AvgIpc) is 2.94. The van der Waals surface area contributed by atoms with Crippen LogP contribution >= 0.6 is 0 Å². The van der Waals surface area contributed by atoms with Crippen molar-refractivity contribution in [2.45, 2.75) is 26.2 Å². The van der Waals surface area contributed by atoms with Crippen LogP contribution in [0.5, 0.6) is 0 Å². The normalized spacial score (nSPS) is 12.8. The van der Waals surface area contributed by atoms with Crippen LogP contribution in [0.4, 0.5) is 11.4 Å². The second-order valence-electron chi connectivity index (χ2n) is 5.55. The Balaban J connectivity index is 1.83. The highest BCUT2D eigenvalue weighted by molar-refractivity contribution is 6.04. The van der Waals surface area contributed by atoms with Crippen molar-refractivity contribution in [3.63, 3.8) is 0 Å². The van der Waals surface area contributed by atoms with Gasteiger partial charge >= 0.3 is 0 Å². The molecule has 0 saturated carbocycles. The van der Waals surface area contributed by atoms with Crippen molar-refractivity contribution < 1.29 is 9.72 Å². The van der Waals surface area contributed by atoms with Crippen molar-refractivity contribution in [3.05, 3.63) is 68.8 Å². The Morgan fingerprint density at radius 2 is 1.91 bits per heavy atom. The molecule has 0 radical (unpaired) electrons. The first-order valence-corrected chi connectivity index (χ1v) is 7.23. The number of hydrogen-bond acceptors (Lipinski definition) is 3. The summed E-state index contributed by atoms with van der Waals surface area (Å²) < 4.78 is 0. The van der Waals surface area contributed by atoms with Crippen LogP contribution in [-0.4, -0.2) is 10.8 Å². The summed E-state index contributed by atoms with van der Waals surface area (Å²) in [5, 5.41) is 13.8. The van der Waals surface area contributed by atoms with Gasteiger partial charge in [-0.1, -0.05) is 12.1 Å². The fraction of sp³-hybridized carbons (Fsp3) is 0.235. The number of aryl methyl sites for hydroxylation is 3. The minimum absolute atomic E-state index is 0.0402. The van der Waals surface area contributed by atoms with Crippen molar-refractivity contribution in [1.82, 2.24) is 0 Å². The average molecular weight is 296 g/mol. The first-order chi connectivity index (χ1) is 10.5. The lowest BCUT2D eigenvalue weighted by molar-refractivity contribution is -0.385. The number of rotatable bonds is 3. The smallest absolute Gasteiger partial charge is 0.273 e. The number of fused-ring (bicyclic) bond motifs is 1. The largest absolute Gasteiger partial charge is 0.322 e. The highest BCUT2D eigenvalue weighted by atomic mass is 16.6. The van der Waals surface area contributed by atoms with Crippen molar-refractivity contribution >= 4 is 17.3 Å². The Labute approximate surface area is 128 Å². The van der Waals surface area contributed by atoms with E-state index in [2.05, 4.69) is 5.32 Å². The quantitative estimate of drug-likeness (QED) is 0.694. The first kappa shape index (κ1) is 14.3. The Morgan fingerprint density at radius 1 is 1.14 bits per heavy atom. The highest BCUT2D eigenvalue weighted by Crippen LogP contribution is 2.25. The summed E-state index contributed by atoms with van der Waals surface area (Å²) in [6.45, 7) is 1.65. The molecule has 1 aliphatic rings. The van der Waals surface area contributed by atoms with E-state index in [1.54, 1.807) is 19.1 Å². The number of carbonyl (C=O) groups excluding carboxylic acids is 1. The third kappa shape index (κ3) is 2.70. The molecule has 0 fully saturated rings. The van der Waals surface area contributed by atoms with Gasteiger partial charge in [-0.2, -0.15) is 0 Å². The molecule has 0 saturated heterocycles. The van der Waals surface area contributed by atoms with Gasteiger partial charge in [0, 0.05) is 22.9 Å². The Bertz CT molecular complexity index is 768. The number of carbonyl (C=O) groups is 1. The summed E-state index contributed by atoms with van der Waals surface area (Å²) in [4.78, 5) is 22.8. The molecular formula is C17H16N2O3. The van der Waals surface area contributed by atoms with Crippen LogP contribution in [0.1, 0.15) is 33.5 Å². The first-order valence-electron chi connectivity index (χ1n) is 7.23. The van der Waals surface area contributed by atoms with Gasteiger partial charge in [0.15, 0.2) is 0 Å². The predicted molar refractivity (Wildman–Crippen MR) is 84.3 cm³/mol. The summed E-state index contributed by atoms with van der Waals surface area (Å²) in [6, 6.07) is 10.4. The molecule has 0 unspecified atom stereocenters. The van der Waals surface area contributed by atoms with E-state index < -0.39 is 4.92 Å². The molecule has 3 rings (SSSR count). The lowest BCUT2D eigenvalue weighted by Crippen LogP contribution is -2.12. The number of nitro benzene ring substituents is 1. The SMILES string of the molecule is Cc1ccc(C(=O)Nc2ccc3c(c2)CCC3)cc1[N+](=O)[O-]. The van der Waals surface area contributed by atoms with Crippen LogP contribution in [0, 0.1) is 17.0 Å². The molecule has 5 heteroatoms. The van der Waals surface area contributed by atoms with E-state index in [1.807, 2.05) is 18.2 Å². The maximum atomic E-state index is 12.3. The summed E-state index contributed by atoms with van der Waals surface area (Å²) >= 11 is 0. The molecule has 2 aromatic rings. The summed E-state index contributed by atoms with van der Waals surface area (Å²) in [5.41, 5.74) is 4.13. The molecule has 2 aromatic carbocycles. The second kappa shape index (κ2) is 5.60. The van der Waals surface area contributed by atoms with Gasteiger partial charge in [-0.3, -0.25) is 14.9 Å². The van der Waals surface area contributed by atoms with E-state index in [4.69, 9.17) is 0 Å². The molecule has 0 bridgehead atoms. The molecule has 22 heavy (non-hydrogen) atoms. The zero-order valence-corrected chi connectivity index (χ0v) is 12.3. The van der Waals surface area contributed by atoms with Gasteiger partial charge in [-0.25, -0.2) is 0 Å². The van der Waals surface area contributed by atoms with Gasteiger partial charge in [0.25, 0.3) is 11.6 Å².